The molecule has 2 aromatic carbocycles. The molecule has 1 atom stereocenters. The second-order valence-electron chi connectivity index (χ2n) is 10.1. The highest BCUT2D eigenvalue weighted by molar-refractivity contribution is 7.89. The van der Waals surface area contributed by atoms with Gasteiger partial charge in [-0.05, 0) is 74.0 Å². The van der Waals surface area contributed by atoms with Crippen molar-refractivity contribution >= 4 is 10.0 Å². The number of hydrogen-bond donors (Lipinski definition) is 3. The third kappa shape index (κ3) is 10.3. The monoisotopic (exact) mass is 534 g/mol. The van der Waals surface area contributed by atoms with Gasteiger partial charge in [0.2, 0.25) is 15.8 Å². The number of benzene rings is 2. The Balaban J connectivity index is 1.15. The molecule has 0 aromatic heterocycles. The van der Waals surface area contributed by atoms with Gasteiger partial charge in [0.25, 0.3) is 0 Å². The van der Waals surface area contributed by atoms with Gasteiger partial charge in [0.15, 0.2) is 0 Å². The number of nitrogens with two attached hydrogens (primary N) is 1. The van der Waals surface area contributed by atoms with Crippen molar-refractivity contribution in [2.24, 2.45) is 5.14 Å². The van der Waals surface area contributed by atoms with Crippen molar-refractivity contribution in [1.29, 1.82) is 0 Å². The first-order valence-corrected chi connectivity index (χ1v) is 14.7. The largest absolute Gasteiger partial charge is 0.463 e. The average Bonchev–Trinajstić information content (AvgIpc) is 2.85. The standard InChI is InChI=1S/C28H42N2O6S/c1-28(2)35-21-24-19-23(12-15-27(24)36-28)26(31)20-30-16-6-3-4-7-17-34-18-8-5-9-22-10-13-25(14-11-22)37(29,32)33/h10-15,19,26,30-31H,3-9,16-18,20-21H2,1-2H3,(H2,29,32,33)/t26-/m1/s1. The lowest BCUT2D eigenvalue weighted by Crippen LogP contribution is -2.35. The third-order valence-corrected chi connectivity index (χ3v) is 7.32. The predicted molar refractivity (Wildman–Crippen MR) is 144 cm³/mol. The average molecular weight is 535 g/mol. The number of nitrogens with one attached hydrogen (secondary N) is 1. The van der Waals surface area contributed by atoms with Crippen LogP contribution in [0.2, 0.25) is 0 Å². The zero-order valence-electron chi connectivity index (χ0n) is 22.1. The van der Waals surface area contributed by atoms with Gasteiger partial charge < -0.3 is 24.6 Å². The lowest BCUT2D eigenvalue weighted by Gasteiger charge is -2.33. The molecule has 0 bridgehead atoms. The number of hydrogen-bond acceptors (Lipinski definition) is 7. The van der Waals surface area contributed by atoms with E-state index in [-0.39, 0.29) is 4.90 Å². The van der Waals surface area contributed by atoms with Crippen molar-refractivity contribution in [2.75, 3.05) is 26.3 Å². The van der Waals surface area contributed by atoms with Gasteiger partial charge in [-0.1, -0.05) is 31.0 Å². The Morgan fingerprint density at radius 1 is 1.03 bits per heavy atom. The van der Waals surface area contributed by atoms with Crippen molar-refractivity contribution in [1.82, 2.24) is 5.32 Å². The number of primary sulfonamides is 1. The minimum absolute atomic E-state index is 0.147. The van der Waals surface area contributed by atoms with Gasteiger partial charge in [-0.3, -0.25) is 0 Å². The Morgan fingerprint density at radius 3 is 2.46 bits per heavy atom. The fourth-order valence-corrected chi connectivity index (χ4v) is 4.73. The first-order chi connectivity index (χ1) is 17.6. The highest BCUT2D eigenvalue weighted by atomic mass is 32.2. The van der Waals surface area contributed by atoms with Crippen molar-refractivity contribution < 1.29 is 27.7 Å². The summed E-state index contributed by atoms with van der Waals surface area (Å²) in [5.74, 6) is 0.205. The molecular formula is C28H42N2O6S. The number of aryl methyl sites for hydroxylation is 1. The Kier molecular flexibility index (Phi) is 11.4. The fraction of sp³-hybridized carbons (Fsp3) is 0.571. The molecule has 0 radical (unpaired) electrons. The summed E-state index contributed by atoms with van der Waals surface area (Å²) in [5, 5.41) is 19.0. The molecule has 206 valence electrons. The Hall–Kier alpha value is -2.01. The van der Waals surface area contributed by atoms with Crippen LogP contribution in [0.4, 0.5) is 0 Å². The number of ether oxygens (including phenoxy) is 3. The predicted octanol–water partition coefficient (Wildman–Crippen LogP) is 4.20. The minimum atomic E-state index is -3.63. The lowest BCUT2D eigenvalue weighted by molar-refractivity contribution is -0.180. The van der Waals surface area contributed by atoms with Crippen molar-refractivity contribution in [3.05, 3.63) is 59.2 Å². The molecule has 9 heteroatoms. The van der Waals surface area contributed by atoms with E-state index >= 15 is 0 Å². The first kappa shape index (κ1) is 29.5. The van der Waals surface area contributed by atoms with Gasteiger partial charge in [0, 0.05) is 39.2 Å². The molecule has 0 aliphatic carbocycles. The smallest absolute Gasteiger partial charge is 0.238 e. The van der Waals surface area contributed by atoms with Crippen LogP contribution in [-0.4, -0.2) is 45.6 Å². The van der Waals surface area contributed by atoms with Crippen LogP contribution in [0, 0.1) is 0 Å². The maximum Gasteiger partial charge on any atom is 0.238 e. The molecule has 2 aromatic rings. The van der Waals surface area contributed by atoms with E-state index in [0.717, 1.165) is 87.1 Å². The maximum absolute atomic E-state index is 11.3. The van der Waals surface area contributed by atoms with E-state index in [2.05, 4.69) is 5.32 Å². The van der Waals surface area contributed by atoms with E-state index < -0.39 is 21.9 Å². The van der Waals surface area contributed by atoms with Crippen LogP contribution in [0.3, 0.4) is 0 Å². The Bertz CT molecular complexity index is 1070. The second kappa shape index (κ2) is 14.2. The highest BCUT2D eigenvalue weighted by Gasteiger charge is 2.27. The fourth-order valence-electron chi connectivity index (χ4n) is 4.21. The van der Waals surface area contributed by atoms with Crippen LogP contribution in [0.5, 0.6) is 5.75 Å². The molecule has 37 heavy (non-hydrogen) atoms. The molecule has 1 aliphatic heterocycles. The van der Waals surface area contributed by atoms with E-state index in [1.54, 1.807) is 12.1 Å². The van der Waals surface area contributed by atoms with E-state index in [1.165, 1.54) is 0 Å². The molecule has 1 heterocycles. The van der Waals surface area contributed by atoms with Crippen LogP contribution in [0.15, 0.2) is 47.4 Å². The minimum Gasteiger partial charge on any atom is -0.463 e. The maximum atomic E-state index is 11.3. The molecule has 1 aliphatic rings. The SMILES string of the molecule is CC1(C)OCc2cc([C@H](O)CNCCCCCCOCCCCc3ccc(S(N)(=O)=O)cc3)ccc2O1. The number of sulfonamides is 1. The molecule has 8 nitrogen and oxygen atoms in total. The molecule has 0 amide bonds. The van der Waals surface area contributed by atoms with Gasteiger partial charge in [-0.15, -0.1) is 0 Å². The summed E-state index contributed by atoms with van der Waals surface area (Å²) >= 11 is 0. The molecule has 0 spiro atoms. The van der Waals surface area contributed by atoms with Crippen LogP contribution < -0.4 is 15.2 Å². The molecule has 0 saturated heterocycles. The first-order valence-electron chi connectivity index (χ1n) is 13.2. The number of aliphatic hydroxyl groups excluding tert-OH is 1. The normalized spacial score (nSPS) is 15.7. The number of aliphatic hydroxyl groups is 1. The Morgan fingerprint density at radius 2 is 1.73 bits per heavy atom. The van der Waals surface area contributed by atoms with E-state index in [4.69, 9.17) is 19.3 Å². The molecule has 3 rings (SSSR count). The van der Waals surface area contributed by atoms with Gasteiger partial charge >= 0.3 is 0 Å². The van der Waals surface area contributed by atoms with Gasteiger partial charge in [0.05, 0.1) is 17.6 Å². The summed E-state index contributed by atoms with van der Waals surface area (Å²) in [4.78, 5) is 0.147. The van der Waals surface area contributed by atoms with Crippen LogP contribution in [-0.2, 0) is 32.5 Å². The molecule has 0 unspecified atom stereocenters. The van der Waals surface area contributed by atoms with Crippen molar-refractivity contribution in [3.8, 4) is 5.75 Å². The third-order valence-electron chi connectivity index (χ3n) is 6.39. The van der Waals surface area contributed by atoms with Crippen LogP contribution >= 0.6 is 0 Å². The van der Waals surface area contributed by atoms with Crippen molar-refractivity contribution in [2.45, 2.75) is 82.2 Å². The number of fused-ring (bicyclic) bond motifs is 1. The number of unbranched alkanes of at least 4 members (excludes halogenated alkanes) is 4. The van der Waals surface area contributed by atoms with Crippen LogP contribution in [0.1, 0.15) is 75.2 Å². The molecular weight excluding hydrogens is 492 g/mol. The summed E-state index contributed by atoms with van der Waals surface area (Å²) in [6.07, 6.45) is 6.68. The summed E-state index contributed by atoms with van der Waals surface area (Å²) < 4.78 is 39.8. The summed E-state index contributed by atoms with van der Waals surface area (Å²) in [6, 6.07) is 12.5. The quantitative estimate of drug-likeness (QED) is 0.276. The molecule has 0 fully saturated rings. The summed E-state index contributed by atoms with van der Waals surface area (Å²) in [7, 11) is -3.63. The zero-order chi connectivity index (χ0) is 26.7. The van der Waals surface area contributed by atoms with Crippen molar-refractivity contribution in [3.63, 3.8) is 0 Å². The second-order valence-corrected chi connectivity index (χ2v) is 11.6. The summed E-state index contributed by atoms with van der Waals surface area (Å²) in [6.45, 7) is 7.19. The van der Waals surface area contributed by atoms with E-state index in [1.807, 2.05) is 44.2 Å². The van der Waals surface area contributed by atoms with Gasteiger partial charge in [0.1, 0.15) is 5.75 Å². The zero-order valence-corrected chi connectivity index (χ0v) is 22.9. The summed E-state index contributed by atoms with van der Waals surface area (Å²) in [5.41, 5.74) is 2.94. The lowest BCUT2D eigenvalue weighted by atomic mass is 10.0. The number of rotatable bonds is 16. The van der Waals surface area contributed by atoms with E-state index in [9.17, 15) is 13.5 Å². The Labute approximate surface area is 221 Å². The van der Waals surface area contributed by atoms with Gasteiger partial charge in [-0.2, -0.15) is 0 Å². The highest BCUT2D eigenvalue weighted by Crippen LogP contribution is 2.32. The van der Waals surface area contributed by atoms with Crippen LogP contribution in [0.25, 0.3) is 0 Å². The topological polar surface area (TPSA) is 120 Å². The van der Waals surface area contributed by atoms with Gasteiger partial charge in [-0.25, -0.2) is 13.6 Å². The van der Waals surface area contributed by atoms with E-state index in [0.29, 0.717) is 13.2 Å². The molecule has 0 saturated carbocycles. The molecule has 4 N–H and O–H groups in total.